The minimum atomic E-state index is -0.582. The number of Topliss-reactive ketones (excluding diaryl/α,β-unsaturated/α-hetero) is 1. The maximum atomic E-state index is 12.5. The van der Waals surface area contributed by atoms with Gasteiger partial charge in [0.2, 0.25) is 0 Å². The van der Waals surface area contributed by atoms with Crippen LogP contribution in [-0.4, -0.2) is 21.2 Å². The summed E-state index contributed by atoms with van der Waals surface area (Å²) in [6.07, 6.45) is 1.33. The van der Waals surface area contributed by atoms with Gasteiger partial charge < -0.3 is 5.73 Å². The molecule has 0 unspecified atom stereocenters. The standard InChI is InChI=1S/C14H11N3O3S2/c1-7-10-13(22-11(7)12(15)19)16-6-17(14(10)20)5-8(18)9-3-2-4-21-9/h2-4,6H,5H2,1H3,(H2,15,19). The van der Waals surface area contributed by atoms with E-state index < -0.39 is 5.91 Å². The highest BCUT2D eigenvalue weighted by Gasteiger charge is 2.18. The molecule has 0 bridgehead atoms. The number of ketones is 1. The number of nitrogens with zero attached hydrogens (tertiary/aromatic N) is 2. The molecule has 3 aromatic rings. The van der Waals surface area contributed by atoms with E-state index in [0.717, 1.165) is 11.3 Å². The first kappa shape index (κ1) is 14.6. The number of hydrogen-bond acceptors (Lipinski definition) is 6. The van der Waals surface area contributed by atoms with E-state index in [0.29, 0.717) is 25.5 Å². The van der Waals surface area contributed by atoms with E-state index in [-0.39, 0.29) is 17.9 Å². The summed E-state index contributed by atoms with van der Waals surface area (Å²) < 4.78 is 1.26. The van der Waals surface area contributed by atoms with Crippen molar-refractivity contribution in [3.05, 3.63) is 49.5 Å². The van der Waals surface area contributed by atoms with Crippen LogP contribution in [0.15, 0.2) is 28.6 Å². The third-order valence-electron chi connectivity index (χ3n) is 3.25. The number of rotatable bonds is 4. The minimum Gasteiger partial charge on any atom is -0.365 e. The number of fused-ring (bicyclic) bond motifs is 1. The van der Waals surface area contributed by atoms with Gasteiger partial charge in [-0.2, -0.15) is 0 Å². The number of aryl methyl sites for hydroxylation is 1. The van der Waals surface area contributed by atoms with Crippen LogP contribution in [0.3, 0.4) is 0 Å². The minimum absolute atomic E-state index is 0.0799. The molecule has 1 amide bonds. The number of carbonyl (C=O) groups excluding carboxylic acids is 2. The maximum absolute atomic E-state index is 12.5. The number of primary amides is 1. The Hall–Kier alpha value is -2.32. The van der Waals surface area contributed by atoms with Crippen molar-refractivity contribution in [1.29, 1.82) is 0 Å². The summed E-state index contributed by atoms with van der Waals surface area (Å²) in [4.78, 5) is 41.5. The summed E-state index contributed by atoms with van der Waals surface area (Å²) in [6.45, 7) is 1.58. The molecule has 3 rings (SSSR count). The Labute approximate surface area is 132 Å². The van der Waals surface area contributed by atoms with E-state index in [9.17, 15) is 14.4 Å². The number of amides is 1. The zero-order valence-corrected chi connectivity index (χ0v) is 13.2. The van der Waals surface area contributed by atoms with Gasteiger partial charge in [-0.1, -0.05) is 6.07 Å². The van der Waals surface area contributed by atoms with Gasteiger partial charge in [0.15, 0.2) is 5.78 Å². The van der Waals surface area contributed by atoms with Gasteiger partial charge in [0.05, 0.1) is 28.0 Å². The monoisotopic (exact) mass is 333 g/mol. The third-order valence-corrected chi connectivity index (χ3v) is 5.38. The van der Waals surface area contributed by atoms with Crippen molar-refractivity contribution in [1.82, 2.24) is 9.55 Å². The van der Waals surface area contributed by atoms with Gasteiger partial charge in [0.25, 0.3) is 11.5 Å². The van der Waals surface area contributed by atoms with Crippen LogP contribution in [0, 0.1) is 6.92 Å². The summed E-state index contributed by atoms with van der Waals surface area (Å²) >= 11 is 2.42. The second-order valence-electron chi connectivity index (χ2n) is 4.68. The Morgan fingerprint density at radius 3 is 2.82 bits per heavy atom. The van der Waals surface area contributed by atoms with Crippen LogP contribution < -0.4 is 11.3 Å². The molecule has 0 aromatic carbocycles. The molecule has 0 aliphatic heterocycles. The van der Waals surface area contributed by atoms with E-state index >= 15 is 0 Å². The van der Waals surface area contributed by atoms with Gasteiger partial charge in [-0.25, -0.2) is 4.98 Å². The van der Waals surface area contributed by atoms with E-state index in [4.69, 9.17) is 5.73 Å². The lowest BCUT2D eigenvalue weighted by Gasteiger charge is -2.03. The van der Waals surface area contributed by atoms with Crippen LogP contribution >= 0.6 is 22.7 Å². The lowest BCUT2D eigenvalue weighted by atomic mass is 10.2. The molecule has 3 aromatic heterocycles. The van der Waals surface area contributed by atoms with Crippen LogP contribution in [0.2, 0.25) is 0 Å². The fourth-order valence-corrected chi connectivity index (χ4v) is 3.82. The molecule has 0 saturated carbocycles. The van der Waals surface area contributed by atoms with Crippen LogP contribution in [0.1, 0.15) is 24.9 Å². The van der Waals surface area contributed by atoms with Crippen LogP contribution in [0.25, 0.3) is 10.2 Å². The second-order valence-corrected chi connectivity index (χ2v) is 6.63. The largest absolute Gasteiger partial charge is 0.365 e. The summed E-state index contributed by atoms with van der Waals surface area (Å²) in [5, 5.41) is 2.15. The summed E-state index contributed by atoms with van der Waals surface area (Å²) in [7, 11) is 0. The molecule has 0 radical (unpaired) electrons. The molecule has 3 heterocycles. The van der Waals surface area contributed by atoms with Crippen molar-refractivity contribution < 1.29 is 9.59 Å². The molecule has 0 aliphatic carbocycles. The second kappa shape index (κ2) is 5.47. The van der Waals surface area contributed by atoms with E-state index in [1.807, 2.05) is 0 Å². The summed E-state index contributed by atoms with van der Waals surface area (Å²) in [5.74, 6) is -0.734. The lowest BCUT2D eigenvalue weighted by molar-refractivity contribution is 0.0972. The zero-order chi connectivity index (χ0) is 15.9. The van der Waals surface area contributed by atoms with Crippen LogP contribution in [0.5, 0.6) is 0 Å². The number of hydrogen-bond donors (Lipinski definition) is 1. The smallest absolute Gasteiger partial charge is 0.262 e. The molecule has 0 spiro atoms. The molecule has 0 atom stereocenters. The van der Waals surface area contributed by atoms with Gasteiger partial charge >= 0.3 is 0 Å². The predicted octanol–water partition coefficient (Wildman–Crippen LogP) is 1.81. The molecule has 22 heavy (non-hydrogen) atoms. The quantitative estimate of drug-likeness (QED) is 0.737. The van der Waals surface area contributed by atoms with Crippen molar-refractivity contribution in [3.63, 3.8) is 0 Å². The van der Waals surface area contributed by atoms with Crippen molar-refractivity contribution in [2.24, 2.45) is 5.73 Å². The SMILES string of the molecule is Cc1c(C(N)=O)sc2ncn(CC(=O)c3cccs3)c(=O)c12. The Balaban J connectivity index is 2.07. The number of carbonyl (C=O) groups is 2. The highest BCUT2D eigenvalue weighted by atomic mass is 32.1. The molecule has 6 nitrogen and oxygen atoms in total. The average molecular weight is 333 g/mol. The predicted molar refractivity (Wildman–Crippen MR) is 85.8 cm³/mol. The molecule has 0 fully saturated rings. The molecular formula is C14H11N3O3S2. The molecule has 0 saturated heterocycles. The highest BCUT2D eigenvalue weighted by molar-refractivity contribution is 7.20. The molecule has 112 valence electrons. The summed E-state index contributed by atoms with van der Waals surface area (Å²) in [6, 6.07) is 3.50. The van der Waals surface area contributed by atoms with E-state index in [1.165, 1.54) is 22.2 Å². The van der Waals surface area contributed by atoms with Crippen LogP contribution in [0.4, 0.5) is 0 Å². The summed E-state index contributed by atoms with van der Waals surface area (Å²) in [5.41, 5.74) is 5.47. The number of nitrogens with two attached hydrogens (primary N) is 1. The molecule has 8 heteroatoms. The number of thiophene rings is 2. The van der Waals surface area contributed by atoms with Gasteiger partial charge in [-0.05, 0) is 23.9 Å². The van der Waals surface area contributed by atoms with Gasteiger partial charge in [-0.15, -0.1) is 22.7 Å². The topological polar surface area (TPSA) is 95.1 Å². The van der Waals surface area contributed by atoms with Crippen molar-refractivity contribution in [3.8, 4) is 0 Å². The van der Waals surface area contributed by atoms with E-state index in [1.54, 1.807) is 24.4 Å². The Morgan fingerprint density at radius 1 is 1.41 bits per heavy atom. The Bertz CT molecular complexity index is 938. The number of aromatic nitrogens is 2. The van der Waals surface area contributed by atoms with Gasteiger partial charge in [-0.3, -0.25) is 19.0 Å². The van der Waals surface area contributed by atoms with Gasteiger partial charge in [0, 0.05) is 0 Å². The maximum Gasteiger partial charge on any atom is 0.262 e. The van der Waals surface area contributed by atoms with Crippen molar-refractivity contribution >= 4 is 44.6 Å². The first-order valence-electron chi connectivity index (χ1n) is 6.34. The normalized spacial score (nSPS) is 11.0. The molecular weight excluding hydrogens is 322 g/mol. The van der Waals surface area contributed by atoms with Crippen molar-refractivity contribution in [2.75, 3.05) is 0 Å². The molecule has 0 aliphatic rings. The Kier molecular flexibility index (Phi) is 3.63. The average Bonchev–Trinajstić information content (AvgIpc) is 3.10. The molecule has 2 N–H and O–H groups in total. The highest BCUT2D eigenvalue weighted by Crippen LogP contribution is 2.26. The third kappa shape index (κ3) is 2.36. The lowest BCUT2D eigenvalue weighted by Crippen LogP contribution is -2.24. The Morgan fingerprint density at radius 2 is 2.18 bits per heavy atom. The van der Waals surface area contributed by atoms with Crippen molar-refractivity contribution in [2.45, 2.75) is 13.5 Å². The van der Waals surface area contributed by atoms with Crippen LogP contribution in [-0.2, 0) is 6.54 Å². The van der Waals surface area contributed by atoms with E-state index in [2.05, 4.69) is 4.98 Å². The zero-order valence-electron chi connectivity index (χ0n) is 11.5. The first-order chi connectivity index (χ1) is 10.5. The van der Waals surface area contributed by atoms with Gasteiger partial charge in [0.1, 0.15) is 4.83 Å². The fourth-order valence-electron chi connectivity index (χ4n) is 2.18. The fraction of sp³-hybridized carbons (Fsp3) is 0.143. The first-order valence-corrected chi connectivity index (χ1v) is 8.03.